The molecule has 0 amide bonds. The standard InChI is InChI=1S/C20H24NOP/c1-3-21(4-2)23(22)19(17-11-7-5-8-12-17)15-16-20(23)18-13-9-6-10-14-18/h5-16,19-20H,3-4H2,1-2H3/t19-,20+,23?. The van der Waals surface area contributed by atoms with Gasteiger partial charge in [-0.3, -0.25) is 4.67 Å². The largest absolute Gasteiger partial charge is 0.305 e. The molecule has 1 heterocycles. The van der Waals surface area contributed by atoms with Gasteiger partial charge in [-0.1, -0.05) is 86.7 Å². The Bertz CT molecular complexity index is 653. The maximum atomic E-state index is 14.3. The van der Waals surface area contributed by atoms with Gasteiger partial charge in [-0.05, 0) is 11.1 Å². The number of allylic oxidation sites excluding steroid dienone is 2. The topological polar surface area (TPSA) is 20.3 Å². The van der Waals surface area contributed by atoms with Crippen LogP contribution in [0.2, 0.25) is 0 Å². The highest BCUT2D eigenvalue weighted by Gasteiger charge is 2.47. The lowest BCUT2D eigenvalue weighted by Crippen LogP contribution is -2.23. The van der Waals surface area contributed by atoms with E-state index in [1.54, 1.807) is 0 Å². The number of hydrogen-bond donors (Lipinski definition) is 0. The van der Waals surface area contributed by atoms with E-state index in [0.717, 1.165) is 24.2 Å². The van der Waals surface area contributed by atoms with E-state index >= 15 is 0 Å². The molecule has 120 valence electrons. The molecule has 0 saturated carbocycles. The molecule has 2 aromatic rings. The fourth-order valence-electron chi connectivity index (χ4n) is 3.60. The second-order valence-electron chi connectivity index (χ2n) is 5.91. The van der Waals surface area contributed by atoms with Crippen LogP contribution >= 0.6 is 7.29 Å². The number of nitrogens with zero attached hydrogens (tertiary/aromatic N) is 1. The molecule has 0 aliphatic carbocycles. The van der Waals surface area contributed by atoms with Crippen molar-refractivity contribution in [3.05, 3.63) is 83.9 Å². The molecule has 3 rings (SSSR count). The summed E-state index contributed by atoms with van der Waals surface area (Å²) in [6, 6.07) is 20.5. The summed E-state index contributed by atoms with van der Waals surface area (Å²) < 4.78 is 16.5. The van der Waals surface area contributed by atoms with Crippen molar-refractivity contribution in [2.45, 2.75) is 25.2 Å². The SMILES string of the molecule is CCN(CC)P1(=O)[C@@H](c2ccccc2)C=C[C@H]1c1ccccc1. The molecular weight excluding hydrogens is 301 g/mol. The van der Waals surface area contributed by atoms with Gasteiger partial charge in [0.25, 0.3) is 0 Å². The molecule has 0 spiro atoms. The zero-order valence-corrected chi connectivity index (χ0v) is 14.7. The van der Waals surface area contributed by atoms with Crippen molar-refractivity contribution < 1.29 is 4.57 Å². The summed E-state index contributed by atoms with van der Waals surface area (Å²) >= 11 is 0. The highest BCUT2D eigenvalue weighted by atomic mass is 31.2. The third-order valence-electron chi connectivity index (χ3n) is 4.73. The fourth-order valence-corrected chi connectivity index (χ4v) is 7.42. The van der Waals surface area contributed by atoms with Crippen molar-refractivity contribution in [2.24, 2.45) is 0 Å². The Morgan fingerprint density at radius 2 is 1.17 bits per heavy atom. The van der Waals surface area contributed by atoms with Gasteiger partial charge in [-0.2, -0.15) is 0 Å². The second-order valence-corrected chi connectivity index (χ2v) is 8.93. The van der Waals surface area contributed by atoms with Gasteiger partial charge in [-0.25, -0.2) is 0 Å². The monoisotopic (exact) mass is 325 g/mol. The Morgan fingerprint density at radius 3 is 1.52 bits per heavy atom. The molecule has 0 saturated heterocycles. The van der Waals surface area contributed by atoms with Crippen LogP contribution in [0.4, 0.5) is 0 Å². The average molecular weight is 325 g/mol. The molecule has 0 bridgehead atoms. The van der Waals surface area contributed by atoms with E-state index < -0.39 is 7.29 Å². The van der Waals surface area contributed by atoms with E-state index in [0.29, 0.717) is 0 Å². The molecule has 0 radical (unpaired) electrons. The molecule has 2 aromatic carbocycles. The van der Waals surface area contributed by atoms with E-state index in [2.05, 4.69) is 54.9 Å². The first-order chi connectivity index (χ1) is 11.2. The van der Waals surface area contributed by atoms with E-state index in [1.807, 2.05) is 36.4 Å². The van der Waals surface area contributed by atoms with Crippen molar-refractivity contribution >= 4 is 7.29 Å². The van der Waals surface area contributed by atoms with Gasteiger partial charge in [0.15, 0.2) is 7.29 Å². The van der Waals surface area contributed by atoms with Crippen molar-refractivity contribution in [1.82, 2.24) is 4.67 Å². The van der Waals surface area contributed by atoms with Crippen LogP contribution in [0.25, 0.3) is 0 Å². The molecule has 0 aromatic heterocycles. The van der Waals surface area contributed by atoms with Gasteiger partial charge in [0.1, 0.15) is 0 Å². The minimum absolute atomic E-state index is 0.0196. The summed E-state index contributed by atoms with van der Waals surface area (Å²) in [4.78, 5) is 0. The molecule has 23 heavy (non-hydrogen) atoms. The van der Waals surface area contributed by atoms with Crippen molar-refractivity contribution in [1.29, 1.82) is 0 Å². The first-order valence-electron chi connectivity index (χ1n) is 8.34. The second kappa shape index (κ2) is 6.86. The minimum atomic E-state index is -2.62. The number of rotatable bonds is 5. The van der Waals surface area contributed by atoms with Gasteiger partial charge < -0.3 is 4.57 Å². The van der Waals surface area contributed by atoms with Crippen molar-refractivity contribution in [3.8, 4) is 0 Å². The predicted octanol–water partition coefficient (Wildman–Crippen LogP) is 5.66. The van der Waals surface area contributed by atoms with Crippen LogP contribution < -0.4 is 0 Å². The van der Waals surface area contributed by atoms with Crippen LogP contribution in [-0.4, -0.2) is 17.8 Å². The van der Waals surface area contributed by atoms with Gasteiger partial charge in [-0.15, -0.1) is 0 Å². The zero-order chi connectivity index (χ0) is 16.3. The van der Waals surface area contributed by atoms with E-state index in [4.69, 9.17) is 0 Å². The third-order valence-corrected chi connectivity index (χ3v) is 8.71. The van der Waals surface area contributed by atoms with Crippen LogP contribution in [0.5, 0.6) is 0 Å². The van der Waals surface area contributed by atoms with Crippen LogP contribution in [0.3, 0.4) is 0 Å². The van der Waals surface area contributed by atoms with Gasteiger partial charge >= 0.3 is 0 Å². The normalized spacial score (nSPS) is 26.7. The molecule has 3 atom stereocenters. The quantitative estimate of drug-likeness (QED) is 0.522. The predicted molar refractivity (Wildman–Crippen MR) is 98.0 cm³/mol. The Hall–Kier alpha value is -1.63. The summed E-state index contributed by atoms with van der Waals surface area (Å²) in [6.07, 6.45) is 4.32. The van der Waals surface area contributed by atoms with Crippen LogP contribution in [0.1, 0.15) is 36.3 Å². The van der Waals surface area contributed by atoms with E-state index in [-0.39, 0.29) is 11.3 Å². The molecule has 0 N–H and O–H groups in total. The summed E-state index contributed by atoms with van der Waals surface area (Å²) in [7, 11) is -2.62. The summed E-state index contributed by atoms with van der Waals surface area (Å²) in [5.74, 6) is 0. The maximum absolute atomic E-state index is 14.3. The zero-order valence-electron chi connectivity index (χ0n) is 13.8. The fraction of sp³-hybridized carbons (Fsp3) is 0.300. The van der Waals surface area contributed by atoms with E-state index in [1.165, 1.54) is 0 Å². The number of hydrogen-bond acceptors (Lipinski definition) is 1. The molecule has 0 fully saturated rings. The minimum Gasteiger partial charge on any atom is -0.305 e. The summed E-state index contributed by atoms with van der Waals surface area (Å²) in [5, 5.41) is 0. The van der Waals surface area contributed by atoms with Gasteiger partial charge in [0, 0.05) is 13.1 Å². The molecule has 2 nitrogen and oxygen atoms in total. The van der Waals surface area contributed by atoms with Gasteiger partial charge in [0.2, 0.25) is 0 Å². The average Bonchev–Trinajstić information content (AvgIpc) is 2.95. The van der Waals surface area contributed by atoms with Gasteiger partial charge in [0.05, 0.1) is 11.3 Å². The van der Waals surface area contributed by atoms with Crippen molar-refractivity contribution in [2.75, 3.05) is 13.1 Å². The van der Waals surface area contributed by atoms with Crippen LogP contribution in [0, 0.1) is 0 Å². The summed E-state index contributed by atoms with van der Waals surface area (Å²) in [6.45, 7) is 5.82. The Kier molecular flexibility index (Phi) is 4.84. The highest BCUT2D eigenvalue weighted by molar-refractivity contribution is 7.63. The molecule has 3 heteroatoms. The third kappa shape index (κ3) is 2.82. The van der Waals surface area contributed by atoms with Crippen LogP contribution in [-0.2, 0) is 4.57 Å². The lowest BCUT2D eigenvalue weighted by atomic mass is 10.1. The lowest BCUT2D eigenvalue weighted by Gasteiger charge is -2.36. The lowest BCUT2D eigenvalue weighted by molar-refractivity contribution is 0.435. The highest BCUT2D eigenvalue weighted by Crippen LogP contribution is 2.74. The smallest absolute Gasteiger partial charge is 0.172 e. The molecule has 1 unspecified atom stereocenters. The van der Waals surface area contributed by atoms with Crippen molar-refractivity contribution in [3.63, 3.8) is 0 Å². The molecule has 1 aliphatic heterocycles. The Labute approximate surface area is 139 Å². The van der Waals surface area contributed by atoms with Crippen LogP contribution in [0.15, 0.2) is 72.8 Å². The molecule has 1 aliphatic rings. The Morgan fingerprint density at radius 1 is 0.783 bits per heavy atom. The Balaban J connectivity index is 2.09. The first kappa shape index (κ1) is 16.2. The first-order valence-corrected chi connectivity index (χ1v) is 10.1. The van der Waals surface area contributed by atoms with E-state index in [9.17, 15) is 4.57 Å². The summed E-state index contributed by atoms with van der Waals surface area (Å²) in [5.41, 5.74) is 2.26. The maximum Gasteiger partial charge on any atom is 0.172 e. The molecular formula is C20H24NOP. The number of benzene rings is 2.